The van der Waals surface area contributed by atoms with Gasteiger partial charge in [-0.1, -0.05) is 194 Å². The molecule has 0 saturated heterocycles. The Bertz CT molecular complexity index is 3590. The Morgan fingerprint density at radius 2 is 0.891 bits per heavy atom. The molecule has 13 rings (SSSR count). The number of pyridine rings is 1. The van der Waals surface area contributed by atoms with E-state index in [1.807, 2.05) is 30.0 Å². The summed E-state index contributed by atoms with van der Waals surface area (Å²) in [6.07, 6.45) is 0. The van der Waals surface area contributed by atoms with Crippen LogP contribution in [0.2, 0.25) is 0 Å². The van der Waals surface area contributed by atoms with Crippen molar-refractivity contribution in [2.45, 2.75) is 15.2 Å². The Morgan fingerprint density at radius 3 is 1.64 bits per heavy atom. The fourth-order valence-electron chi connectivity index (χ4n) is 10.3. The van der Waals surface area contributed by atoms with Crippen molar-refractivity contribution in [3.05, 3.63) is 247 Å². The van der Waals surface area contributed by atoms with E-state index in [-0.39, 0.29) is 0 Å². The van der Waals surface area contributed by atoms with Crippen LogP contribution in [0.5, 0.6) is 0 Å². The lowest BCUT2D eigenvalue weighted by atomic mass is 9.67. The van der Waals surface area contributed by atoms with Crippen LogP contribution >= 0.6 is 11.8 Å². The van der Waals surface area contributed by atoms with Crippen LogP contribution < -0.4 is 0 Å². The molecule has 0 atom stereocenters. The maximum atomic E-state index is 5.45. The van der Waals surface area contributed by atoms with Crippen molar-refractivity contribution in [1.82, 2.24) is 15.0 Å². The van der Waals surface area contributed by atoms with Crippen molar-refractivity contribution in [1.29, 1.82) is 0 Å². The third-order valence-electron chi connectivity index (χ3n) is 13.1. The average molecular weight is 832 g/mol. The Labute approximate surface area is 375 Å². The predicted octanol–water partition coefficient (Wildman–Crippen LogP) is 15.3. The number of aromatic nitrogens is 3. The summed E-state index contributed by atoms with van der Waals surface area (Å²) in [5.41, 5.74) is 17.5. The van der Waals surface area contributed by atoms with Gasteiger partial charge in [-0.3, -0.25) is 0 Å². The first kappa shape index (κ1) is 36.7. The standard InChI is InChI=1S/C60H37N3S/c1-3-16-38(17-4-1)42-20-15-21-43(34-42)55-37-54(62-59(63-55)41-18-5-2-6-19-41)39-30-32-40(33-31-39)58-48-35-47-44-22-7-9-24-49(44)60(52(47)36-46(48)45-23-8-12-27-53(45)61-58)50-25-10-13-28-56(50)64-57-29-14-11-26-51(57)60/h1-37H. The van der Waals surface area contributed by atoms with Gasteiger partial charge in [-0.25, -0.2) is 15.0 Å². The fourth-order valence-corrected chi connectivity index (χ4v) is 11.5. The molecule has 4 heteroatoms. The highest BCUT2D eigenvalue weighted by Crippen LogP contribution is 2.63. The van der Waals surface area contributed by atoms with Crippen LogP contribution in [0.1, 0.15) is 22.3 Å². The minimum absolute atomic E-state index is 0.456. The van der Waals surface area contributed by atoms with Gasteiger partial charge < -0.3 is 0 Å². The van der Waals surface area contributed by atoms with Gasteiger partial charge in [0.25, 0.3) is 0 Å². The first-order valence-electron chi connectivity index (χ1n) is 21.8. The molecule has 3 nitrogen and oxygen atoms in total. The first-order chi connectivity index (χ1) is 31.7. The van der Waals surface area contributed by atoms with Crippen LogP contribution in [-0.2, 0) is 5.41 Å². The van der Waals surface area contributed by atoms with Gasteiger partial charge >= 0.3 is 0 Å². The van der Waals surface area contributed by atoms with E-state index in [1.165, 1.54) is 54.1 Å². The molecule has 0 fully saturated rings. The minimum Gasteiger partial charge on any atom is -0.247 e. The summed E-state index contributed by atoms with van der Waals surface area (Å²) in [5.74, 6) is 0.693. The van der Waals surface area contributed by atoms with Crippen molar-refractivity contribution in [3.8, 4) is 67.4 Å². The predicted molar refractivity (Wildman–Crippen MR) is 263 cm³/mol. The molecule has 1 aliphatic carbocycles. The molecule has 2 aliphatic rings. The van der Waals surface area contributed by atoms with Crippen LogP contribution in [0.25, 0.3) is 89.1 Å². The highest BCUT2D eigenvalue weighted by atomic mass is 32.2. The highest BCUT2D eigenvalue weighted by molar-refractivity contribution is 7.99. The zero-order chi connectivity index (χ0) is 42.2. The summed E-state index contributed by atoms with van der Waals surface area (Å²) in [7, 11) is 0. The van der Waals surface area contributed by atoms with Crippen LogP contribution in [0.15, 0.2) is 234 Å². The number of fused-ring (bicyclic) bond motifs is 12. The molecule has 0 N–H and O–H groups in total. The molecule has 11 aromatic rings. The summed E-state index contributed by atoms with van der Waals surface area (Å²) >= 11 is 1.88. The van der Waals surface area contributed by atoms with E-state index >= 15 is 0 Å². The van der Waals surface area contributed by atoms with E-state index in [0.29, 0.717) is 5.82 Å². The minimum atomic E-state index is -0.456. The number of rotatable bonds is 5. The molecule has 1 aliphatic heterocycles. The highest BCUT2D eigenvalue weighted by Gasteiger charge is 2.50. The van der Waals surface area contributed by atoms with Crippen LogP contribution in [0.3, 0.4) is 0 Å². The summed E-state index contributed by atoms with van der Waals surface area (Å²) in [5, 5.41) is 3.49. The number of hydrogen-bond acceptors (Lipinski definition) is 4. The SMILES string of the molecule is c1ccc(-c2cccc(-c3cc(-c4ccc(-c5nc6ccccc6c6cc7c(cc56)-c5ccccc5C75c6ccccc6Sc6ccccc65)cc4)nc(-c4ccccc4)n3)c2)cc1. The average Bonchev–Trinajstić information content (AvgIpc) is 3.65. The molecule has 1 spiro atoms. The van der Waals surface area contributed by atoms with E-state index in [4.69, 9.17) is 15.0 Å². The third-order valence-corrected chi connectivity index (χ3v) is 14.3. The lowest BCUT2D eigenvalue weighted by Gasteiger charge is -2.39. The molecule has 0 radical (unpaired) electrons. The van der Waals surface area contributed by atoms with Crippen molar-refractivity contribution in [2.24, 2.45) is 0 Å². The Balaban J connectivity index is 0.986. The quantitative estimate of drug-likeness (QED) is 0.162. The lowest BCUT2D eigenvalue weighted by Crippen LogP contribution is -2.31. The van der Waals surface area contributed by atoms with E-state index < -0.39 is 5.41 Å². The molecule has 3 heterocycles. The van der Waals surface area contributed by atoms with Crippen LogP contribution in [0.4, 0.5) is 0 Å². The third kappa shape index (κ3) is 5.66. The van der Waals surface area contributed by atoms with E-state index in [2.05, 4.69) is 206 Å². The molecular formula is C60H37N3S. The second kappa shape index (κ2) is 14.6. The van der Waals surface area contributed by atoms with E-state index in [9.17, 15) is 0 Å². The van der Waals surface area contributed by atoms with Gasteiger partial charge in [0, 0.05) is 42.8 Å². The van der Waals surface area contributed by atoms with Crippen molar-refractivity contribution in [3.63, 3.8) is 0 Å². The van der Waals surface area contributed by atoms with Gasteiger partial charge in [-0.2, -0.15) is 0 Å². The van der Waals surface area contributed by atoms with Crippen molar-refractivity contribution < 1.29 is 0 Å². The second-order valence-corrected chi connectivity index (χ2v) is 17.7. The molecule has 298 valence electrons. The van der Waals surface area contributed by atoms with Crippen molar-refractivity contribution in [2.75, 3.05) is 0 Å². The first-order valence-corrected chi connectivity index (χ1v) is 22.6. The van der Waals surface area contributed by atoms with Gasteiger partial charge in [0.05, 0.1) is 28.0 Å². The van der Waals surface area contributed by atoms with Gasteiger partial charge in [0.15, 0.2) is 5.82 Å². The molecular weight excluding hydrogens is 795 g/mol. The summed E-state index contributed by atoms with van der Waals surface area (Å²) < 4.78 is 0. The molecule has 0 saturated carbocycles. The van der Waals surface area contributed by atoms with Gasteiger partial charge in [-0.05, 0) is 92.4 Å². The summed E-state index contributed by atoms with van der Waals surface area (Å²) in [6.45, 7) is 0. The summed E-state index contributed by atoms with van der Waals surface area (Å²) in [6, 6.07) is 80.8. The second-order valence-electron chi connectivity index (χ2n) is 16.7. The van der Waals surface area contributed by atoms with E-state index in [1.54, 1.807) is 0 Å². The molecule has 0 bridgehead atoms. The van der Waals surface area contributed by atoms with Gasteiger partial charge in [0.2, 0.25) is 0 Å². The number of para-hydroxylation sites is 1. The van der Waals surface area contributed by atoms with Crippen LogP contribution in [-0.4, -0.2) is 15.0 Å². The topological polar surface area (TPSA) is 38.7 Å². The molecule has 2 aromatic heterocycles. The zero-order valence-corrected chi connectivity index (χ0v) is 35.4. The van der Waals surface area contributed by atoms with Gasteiger partial charge in [0.1, 0.15) is 0 Å². The molecule has 0 unspecified atom stereocenters. The molecule has 9 aromatic carbocycles. The van der Waals surface area contributed by atoms with E-state index in [0.717, 1.165) is 61.2 Å². The molecule has 64 heavy (non-hydrogen) atoms. The maximum Gasteiger partial charge on any atom is 0.160 e. The Morgan fingerprint density at radius 1 is 0.312 bits per heavy atom. The Kier molecular flexibility index (Phi) is 8.37. The van der Waals surface area contributed by atoms with Crippen molar-refractivity contribution >= 4 is 33.4 Å². The normalized spacial score (nSPS) is 13.1. The summed E-state index contributed by atoms with van der Waals surface area (Å²) in [4.78, 5) is 18.4. The fraction of sp³-hybridized carbons (Fsp3) is 0.0167. The maximum absolute atomic E-state index is 5.45. The zero-order valence-electron chi connectivity index (χ0n) is 34.6. The molecule has 0 amide bonds. The Hall–Kier alpha value is -7.92. The smallest absolute Gasteiger partial charge is 0.160 e. The number of hydrogen-bond donors (Lipinski definition) is 0. The number of nitrogens with zero attached hydrogens (tertiary/aromatic N) is 3. The number of benzene rings is 9. The lowest BCUT2D eigenvalue weighted by molar-refractivity contribution is 0.723. The van der Waals surface area contributed by atoms with Crippen LogP contribution in [0, 0.1) is 0 Å². The largest absolute Gasteiger partial charge is 0.247 e. The van der Waals surface area contributed by atoms with Gasteiger partial charge in [-0.15, -0.1) is 0 Å². The monoisotopic (exact) mass is 831 g/mol.